The first-order valence-corrected chi connectivity index (χ1v) is 21.0. The fraction of sp³-hybridized carbons (Fsp3) is 0.400. The molecule has 1 saturated carbocycles. The van der Waals surface area contributed by atoms with Gasteiger partial charge in [-0.2, -0.15) is 5.10 Å². The molecular formula is C45H50N10O5. The molecule has 3 N–H and O–H groups in total. The Labute approximate surface area is 348 Å². The standard InChI is InChI=1S/C45H50N10O5/c1-51(27-29-15-20-52(21-16-29)43(57)31-7-11-33(12-8-31)54-24-19-38(56)49-45(54)59)35-25-32(26-35)44(58)53-22-17-34(18-23-53)55-42-39(41(46)47-28-48-42)40(50-55)30-9-13-37(14-10-30)60-36-5-3-2-4-6-36/h2-14,28-29,32,34-35H,15-27H2,1H3,(H2,46,47,48)(H,49,56,59). The molecule has 4 fully saturated rings. The molecule has 1 aliphatic carbocycles. The van der Waals surface area contributed by atoms with Crippen LogP contribution in [-0.2, 0) is 9.59 Å². The van der Waals surface area contributed by atoms with E-state index in [-0.39, 0.29) is 36.1 Å². The predicted octanol–water partition coefficient (Wildman–Crippen LogP) is 5.74. The van der Waals surface area contributed by atoms with E-state index in [4.69, 9.17) is 15.6 Å². The number of likely N-dealkylation sites (tertiary alicyclic amines) is 2. The number of nitrogen functional groups attached to an aromatic ring is 1. The van der Waals surface area contributed by atoms with Crippen molar-refractivity contribution in [2.45, 2.75) is 57.0 Å². The second kappa shape index (κ2) is 16.7. The third-order valence-electron chi connectivity index (χ3n) is 12.8. The molecule has 0 unspecified atom stereocenters. The zero-order valence-corrected chi connectivity index (χ0v) is 33.8. The van der Waals surface area contributed by atoms with E-state index in [2.05, 4.69) is 27.2 Å². The first kappa shape index (κ1) is 39.1. The van der Waals surface area contributed by atoms with Crippen molar-refractivity contribution in [3.05, 3.63) is 90.8 Å². The molecule has 3 saturated heterocycles. The molecule has 15 heteroatoms. The number of amides is 5. The highest BCUT2D eigenvalue weighted by molar-refractivity contribution is 6.06. The Balaban J connectivity index is 0.734. The number of anilines is 2. The Morgan fingerprint density at radius 1 is 0.833 bits per heavy atom. The summed E-state index contributed by atoms with van der Waals surface area (Å²) in [5.74, 6) is 2.38. The van der Waals surface area contributed by atoms with Gasteiger partial charge < -0.3 is 25.2 Å². The van der Waals surface area contributed by atoms with Gasteiger partial charge in [0.1, 0.15) is 29.3 Å². The van der Waals surface area contributed by atoms with E-state index in [1.54, 1.807) is 24.3 Å². The number of benzene rings is 3. The van der Waals surface area contributed by atoms with Gasteiger partial charge in [0, 0.05) is 74.5 Å². The van der Waals surface area contributed by atoms with Gasteiger partial charge >= 0.3 is 6.03 Å². The van der Waals surface area contributed by atoms with Crippen molar-refractivity contribution in [1.29, 1.82) is 0 Å². The Morgan fingerprint density at radius 2 is 1.52 bits per heavy atom. The summed E-state index contributed by atoms with van der Waals surface area (Å²) in [7, 11) is 2.17. The van der Waals surface area contributed by atoms with Gasteiger partial charge in [-0.05, 0) is 112 Å². The molecule has 0 spiro atoms. The maximum absolute atomic E-state index is 13.7. The molecular weight excluding hydrogens is 761 g/mol. The number of imide groups is 1. The van der Waals surface area contributed by atoms with Crippen molar-refractivity contribution in [3.63, 3.8) is 0 Å². The molecule has 0 bridgehead atoms. The van der Waals surface area contributed by atoms with Crippen LogP contribution in [0, 0.1) is 11.8 Å². The molecule has 60 heavy (non-hydrogen) atoms. The molecule has 5 heterocycles. The molecule has 9 rings (SSSR count). The first-order valence-electron chi connectivity index (χ1n) is 21.0. The number of urea groups is 1. The van der Waals surface area contributed by atoms with Gasteiger partial charge in [0.15, 0.2) is 5.65 Å². The average Bonchev–Trinajstić information content (AvgIpc) is 3.65. The number of fused-ring (bicyclic) bond motifs is 1. The molecule has 15 nitrogen and oxygen atoms in total. The van der Waals surface area contributed by atoms with Gasteiger partial charge in [-0.3, -0.25) is 24.6 Å². The van der Waals surface area contributed by atoms with E-state index >= 15 is 0 Å². The fourth-order valence-electron chi connectivity index (χ4n) is 9.15. The summed E-state index contributed by atoms with van der Waals surface area (Å²) in [5, 5.41) is 8.12. The summed E-state index contributed by atoms with van der Waals surface area (Å²) in [6.45, 7) is 4.01. The number of ether oxygens (including phenoxy) is 1. The number of carbonyl (C=O) groups excluding carboxylic acids is 4. The number of hydrogen-bond acceptors (Lipinski definition) is 10. The van der Waals surface area contributed by atoms with E-state index in [9.17, 15) is 19.2 Å². The third-order valence-corrected chi connectivity index (χ3v) is 12.8. The first-order chi connectivity index (χ1) is 29.2. The summed E-state index contributed by atoms with van der Waals surface area (Å²) in [6, 6.07) is 24.5. The number of rotatable bonds is 10. The summed E-state index contributed by atoms with van der Waals surface area (Å²) in [5.41, 5.74) is 9.99. The number of aromatic nitrogens is 4. The van der Waals surface area contributed by atoms with Crippen LogP contribution in [0.15, 0.2) is 85.2 Å². The molecule has 5 amide bonds. The molecule has 4 aliphatic rings. The van der Waals surface area contributed by atoms with Crippen molar-refractivity contribution >= 4 is 46.3 Å². The van der Waals surface area contributed by atoms with Gasteiger partial charge in [0.2, 0.25) is 11.8 Å². The van der Waals surface area contributed by atoms with Crippen LogP contribution in [0.5, 0.6) is 11.5 Å². The molecule has 310 valence electrons. The topological polar surface area (TPSA) is 172 Å². The van der Waals surface area contributed by atoms with Crippen LogP contribution >= 0.6 is 0 Å². The molecule has 0 radical (unpaired) electrons. The number of piperidine rings is 2. The number of nitrogens with one attached hydrogen (secondary N) is 1. The fourth-order valence-corrected chi connectivity index (χ4v) is 9.15. The molecule has 3 aliphatic heterocycles. The minimum atomic E-state index is -0.440. The number of hydrogen-bond donors (Lipinski definition) is 2. The Hall–Kier alpha value is -6.35. The van der Waals surface area contributed by atoms with Crippen LogP contribution in [0.1, 0.15) is 61.3 Å². The monoisotopic (exact) mass is 810 g/mol. The van der Waals surface area contributed by atoms with Gasteiger partial charge in [-0.1, -0.05) is 18.2 Å². The third kappa shape index (κ3) is 8.01. The Kier molecular flexibility index (Phi) is 10.9. The minimum absolute atomic E-state index is 0.00568. The van der Waals surface area contributed by atoms with Crippen LogP contribution < -0.4 is 20.7 Å². The smallest absolute Gasteiger partial charge is 0.328 e. The van der Waals surface area contributed by atoms with Crippen LogP contribution in [0.2, 0.25) is 0 Å². The SMILES string of the molecule is CN(CC1CCN(C(=O)c2ccc(N3CCC(=O)NC3=O)cc2)CC1)C1CC(C(=O)N2CCC(n3nc(-c4ccc(Oc5ccccc5)cc4)c4c(N)ncnc43)CC2)C1. The maximum atomic E-state index is 13.7. The molecule has 2 aromatic heterocycles. The van der Waals surface area contributed by atoms with Crippen LogP contribution in [0.4, 0.5) is 16.3 Å². The lowest BCUT2D eigenvalue weighted by Gasteiger charge is -2.45. The highest BCUT2D eigenvalue weighted by atomic mass is 16.5. The molecule has 3 aromatic carbocycles. The zero-order valence-electron chi connectivity index (χ0n) is 33.8. The largest absolute Gasteiger partial charge is 0.457 e. The number of nitrogens with two attached hydrogens (primary N) is 1. The van der Waals surface area contributed by atoms with E-state index in [1.165, 1.54) is 11.2 Å². The second-order valence-electron chi connectivity index (χ2n) is 16.5. The summed E-state index contributed by atoms with van der Waals surface area (Å²) in [4.78, 5) is 67.5. The van der Waals surface area contributed by atoms with Crippen molar-refractivity contribution in [3.8, 4) is 22.8 Å². The van der Waals surface area contributed by atoms with E-state index in [1.807, 2.05) is 69.1 Å². The van der Waals surface area contributed by atoms with Crippen molar-refractivity contribution in [2.24, 2.45) is 11.8 Å². The summed E-state index contributed by atoms with van der Waals surface area (Å²) < 4.78 is 7.97. The minimum Gasteiger partial charge on any atom is -0.457 e. The van der Waals surface area contributed by atoms with Crippen LogP contribution in [0.25, 0.3) is 22.3 Å². The van der Waals surface area contributed by atoms with Crippen LogP contribution in [0.3, 0.4) is 0 Å². The second-order valence-corrected chi connectivity index (χ2v) is 16.5. The molecule has 5 aromatic rings. The van der Waals surface area contributed by atoms with Gasteiger partial charge in [-0.25, -0.2) is 19.4 Å². The van der Waals surface area contributed by atoms with E-state index in [0.717, 1.165) is 73.2 Å². The van der Waals surface area contributed by atoms with Crippen LogP contribution in [-0.4, -0.2) is 111 Å². The van der Waals surface area contributed by atoms with Crippen molar-refractivity contribution < 1.29 is 23.9 Å². The van der Waals surface area contributed by atoms with Crippen molar-refractivity contribution in [2.75, 3.05) is 56.9 Å². The van der Waals surface area contributed by atoms with Crippen molar-refractivity contribution in [1.82, 2.24) is 39.8 Å². The Bertz CT molecular complexity index is 2370. The quantitative estimate of drug-likeness (QED) is 0.177. The maximum Gasteiger partial charge on any atom is 0.328 e. The van der Waals surface area contributed by atoms with Gasteiger partial charge in [-0.15, -0.1) is 0 Å². The highest BCUT2D eigenvalue weighted by Gasteiger charge is 2.40. The van der Waals surface area contributed by atoms with E-state index in [0.29, 0.717) is 67.4 Å². The average molecular weight is 811 g/mol. The predicted molar refractivity (Wildman–Crippen MR) is 226 cm³/mol. The molecule has 0 atom stereocenters. The lowest BCUT2D eigenvalue weighted by molar-refractivity contribution is -0.142. The lowest BCUT2D eigenvalue weighted by Crippen LogP contribution is -2.52. The highest BCUT2D eigenvalue weighted by Crippen LogP contribution is 2.38. The number of nitrogens with zero attached hydrogens (tertiary/aromatic N) is 8. The van der Waals surface area contributed by atoms with Gasteiger partial charge in [0.05, 0.1) is 11.4 Å². The normalized spacial score (nSPS) is 20.3. The lowest BCUT2D eigenvalue weighted by atomic mass is 9.77. The van der Waals surface area contributed by atoms with E-state index < -0.39 is 6.03 Å². The summed E-state index contributed by atoms with van der Waals surface area (Å²) in [6.07, 6.45) is 6.90. The number of carbonyl (C=O) groups is 4. The zero-order chi connectivity index (χ0) is 41.3. The van der Waals surface area contributed by atoms with Gasteiger partial charge in [0.25, 0.3) is 5.91 Å². The Morgan fingerprint density at radius 3 is 2.22 bits per heavy atom. The summed E-state index contributed by atoms with van der Waals surface area (Å²) >= 11 is 0. The number of para-hydroxylation sites is 1.